The molecule has 1 rings (SSSR count). The molecule has 0 spiro atoms. The minimum absolute atomic E-state index is 0.0501. The van der Waals surface area contributed by atoms with Crippen molar-refractivity contribution in [2.75, 3.05) is 6.61 Å². The fourth-order valence-electron chi connectivity index (χ4n) is 4.02. The number of carbonyl (C=O) groups is 1. The Morgan fingerprint density at radius 3 is 2.17 bits per heavy atom. The number of unbranched alkanes of at least 4 members (excludes halogenated alkanes) is 7. The van der Waals surface area contributed by atoms with Crippen molar-refractivity contribution in [2.24, 2.45) is 11.8 Å². The van der Waals surface area contributed by atoms with Crippen LogP contribution in [0.2, 0.25) is 0 Å². The zero-order valence-corrected chi connectivity index (χ0v) is 16.4. The van der Waals surface area contributed by atoms with Gasteiger partial charge in [0.15, 0.2) is 11.3 Å². The van der Waals surface area contributed by atoms with Gasteiger partial charge in [0.2, 0.25) is 0 Å². The fourth-order valence-corrected chi connectivity index (χ4v) is 4.02. The fraction of sp³-hybridized carbons (Fsp3) is 0.900. The van der Waals surface area contributed by atoms with Crippen LogP contribution in [-0.2, 0) is 9.53 Å². The Balaban J connectivity index is 2.50. The summed E-state index contributed by atoms with van der Waals surface area (Å²) in [5.41, 5.74) is 0.0887. The highest BCUT2D eigenvalue weighted by Crippen LogP contribution is 2.39. The van der Waals surface area contributed by atoms with E-state index in [1.807, 2.05) is 20.8 Å². The van der Waals surface area contributed by atoms with E-state index in [9.17, 15) is 10.0 Å². The first-order chi connectivity index (χ1) is 11.4. The number of hydrogen-bond donors (Lipinski definition) is 0. The third-order valence-corrected chi connectivity index (χ3v) is 5.51. The maximum absolute atomic E-state index is 12.5. The van der Waals surface area contributed by atoms with Gasteiger partial charge in [-0.3, -0.25) is 4.79 Å². The molecule has 1 aliphatic heterocycles. The number of hydroxylamine groups is 1. The number of rotatable bonds is 11. The van der Waals surface area contributed by atoms with Gasteiger partial charge in [-0.1, -0.05) is 58.3 Å². The number of carbonyl (C=O) groups excluding carboxylic acids is 1. The van der Waals surface area contributed by atoms with Crippen LogP contribution in [0.3, 0.4) is 0 Å². The van der Waals surface area contributed by atoms with Gasteiger partial charge in [0, 0.05) is 26.7 Å². The predicted molar refractivity (Wildman–Crippen MR) is 99.2 cm³/mol. The van der Waals surface area contributed by atoms with Gasteiger partial charge in [-0.15, -0.1) is 0 Å². The molecule has 140 valence electrons. The smallest absolute Gasteiger partial charge is 0.319 e. The van der Waals surface area contributed by atoms with Crippen molar-refractivity contribution in [1.29, 1.82) is 0 Å². The molecule has 24 heavy (non-hydrogen) atoms. The second kappa shape index (κ2) is 10.0. The van der Waals surface area contributed by atoms with E-state index in [0.29, 0.717) is 12.3 Å². The lowest BCUT2D eigenvalue weighted by Crippen LogP contribution is -2.39. The maximum Gasteiger partial charge on any atom is 0.319 e. The molecule has 0 radical (unpaired) electrons. The van der Waals surface area contributed by atoms with Crippen LogP contribution in [0.25, 0.3) is 0 Å². The molecule has 0 fully saturated rings. The van der Waals surface area contributed by atoms with E-state index in [2.05, 4.69) is 6.92 Å². The Hall–Kier alpha value is -1.06. The van der Waals surface area contributed by atoms with Gasteiger partial charge in [0.25, 0.3) is 0 Å². The van der Waals surface area contributed by atoms with Gasteiger partial charge in [0.1, 0.15) is 5.92 Å². The predicted octanol–water partition coefficient (Wildman–Crippen LogP) is 5.08. The zero-order chi connectivity index (χ0) is 18.2. The Bertz CT molecular complexity index is 429. The van der Waals surface area contributed by atoms with Crippen LogP contribution in [0.15, 0.2) is 0 Å². The van der Waals surface area contributed by atoms with Crippen molar-refractivity contribution in [3.05, 3.63) is 5.21 Å². The van der Waals surface area contributed by atoms with Crippen LogP contribution >= 0.6 is 0 Å². The first-order valence-electron chi connectivity index (χ1n) is 9.85. The standard InChI is InChI=1S/C20H37NO3/c1-6-8-9-10-11-12-13-14-15-17-18(19(22)24-7-2)16(3)21(23)20(17,4)5/h17-18H,6-15H2,1-5H3. The van der Waals surface area contributed by atoms with Crippen molar-refractivity contribution in [2.45, 2.75) is 97.9 Å². The zero-order valence-electron chi connectivity index (χ0n) is 16.4. The Kier molecular flexibility index (Phi) is 8.79. The van der Waals surface area contributed by atoms with Crippen LogP contribution in [0, 0.1) is 17.0 Å². The summed E-state index contributed by atoms with van der Waals surface area (Å²) >= 11 is 0. The first kappa shape index (κ1) is 21.0. The van der Waals surface area contributed by atoms with Crippen LogP contribution in [0.5, 0.6) is 0 Å². The van der Waals surface area contributed by atoms with E-state index in [4.69, 9.17) is 4.74 Å². The molecule has 0 aromatic heterocycles. The summed E-state index contributed by atoms with van der Waals surface area (Å²) in [7, 11) is 0. The SMILES string of the molecule is CCCCCCCCCCC1C(C(=O)OCC)C(C)=[N+]([O-])C1(C)C. The average Bonchev–Trinajstić information content (AvgIpc) is 2.70. The molecule has 0 aliphatic carbocycles. The number of ether oxygens (including phenoxy) is 1. The Morgan fingerprint density at radius 1 is 1.08 bits per heavy atom. The minimum atomic E-state index is -0.525. The lowest BCUT2D eigenvalue weighted by molar-refractivity contribution is -0.540. The van der Waals surface area contributed by atoms with Gasteiger partial charge in [-0.05, 0) is 13.3 Å². The largest absolute Gasteiger partial charge is 0.623 e. The molecule has 4 heteroatoms. The molecule has 0 aromatic rings. The second-order valence-corrected chi connectivity index (χ2v) is 7.69. The van der Waals surface area contributed by atoms with Gasteiger partial charge < -0.3 is 9.94 Å². The van der Waals surface area contributed by atoms with Crippen molar-refractivity contribution < 1.29 is 14.3 Å². The second-order valence-electron chi connectivity index (χ2n) is 7.69. The van der Waals surface area contributed by atoms with Crippen LogP contribution in [-0.4, -0.2) is 28.6 Å². The van der Waals surface area contributed by atoms with Crippen molar-refractivity contribution in [1.82, 2.24) is 0 Å². The summed E-state index contributed by atoms with van der Waals surface area (Å²) in [4.78, 5) is 12.3. The quantitative estimate of drug-likeness (QED) is 0.228. The lowest BCUT2D eigenvalue weighted by atomic mass is 9.77. The number of nitrogens with zero attached hydrogens (tertiary/aromatic N) is 1. The monoisotopic (exact) mass is 339 g/mol. The minimum Gasteiger partial charge on any atom is -0.623 e. The number of esters is 1. The summed E-state index contributed by atoms with van der Waals surface area (Å²) in [6, 6.07) is 0. The molecule has 0 aromatic carbocycles. The van der Waals surface area contributed by atoms with Crippen molar-refractivity contribution in [3.63, 3.8) is 0 Å². The van der Waals surface area contributed by atoms with E-state index in [-0.39, 0.29) is 17.8 Å². The molecular formula is C20H37NO3. The van der Waals surface area contributed by atoms with Crippen LogP contribution in [0.1, 0.15) is 92.4 Å². The van der Waals surface area contributed by atoms with E-state index in [0.717, 1.165) is 17.6 Å². The van der Waals surface area contributed by atoms with E-state index >= 15 is 0 Å². The summed E-state index contributed by atoms with van der Waals surface area (Å²) in [5, 5.41) is 12.5. The summed E-state index contributed by atoms with van der Waals surface area (Å²) in [6.45, 7) is 10.1. The van der Waals surface area contributed by atoms with Crippen LogP contribution in [0.4, 0.5) is 0 Å². The van der Waals surface area contributed by atoms with Crippen LogP contribution < -0.4 is 0 Å². The van der Waals surface area contributed by atoms with Gasteiger partial charge in [-0.25, -0.2) is 4.74 Å². The highest BCUT2D eigenvalue weighted by Gasteiger charge is 2.54. The molecule has 0 saturated carbocycles. The lowest BCUT2D eigenvalue weighted by Gasteiger charge is -2.27. The van der Waals surface area contributed by atoms with E-state index in [1.165, 1.54) is 44.9 Å². The van der Waals surface area contributed by atoms with Crippen molar-refractivity contribution in [3.8, 4) is 0 Å². The third-order valence-electron chi connectivity index (χ3n) is 5.51. The van der Waals surface area contributed by atoms with Gasteiger partial charge in [-0.2, -0.15) is 0 Å². The van der Waals surface area contributed by atoms with Gasteiger partial charge >= 0.3 is 5.97 Å². The van der Waals surface area contributed by atoms with E-state index in [1.54, 1.807) is 6.92 Å². The molecule has 0 saturated heterocycles. The Morgan fingerprint density at radius 2 is 1.62 bits per heavy atom. The highest BCUT2D eigenvalue weighted by molar-refractivity contribution is 6.00. The van der Waals surface area contributed by atoms with Crippen molar-refractivity contribution >= 4 is 11.7 Å². The van der Waals surface area contributed by atoms with E-state index < -0.39 is 5.54 Å². The third kappa shape index (κ3) is 5.22. The Labute approximate surface area is 148 Å². The molecule has 0 N–H and O–H groups in total. The highest BCUT2D eigenvalue weighted by atomic mass is 16.5. The molecule has 2 unspecified atom stereocenters. The molecule has 4 nitrogen and oxygen atoms in total. The topological polar surface area (TPSA) is 52.4 Å². The maximum atomic E-state index is 12.5. The first-order valence-corrected chi connectivity index (χ1v) is 9.85. The molecule has 0 amide bonds. The van der Waals surface area contributed by atoms with Gasteiger partial charge in [0.05, 0.1) is 6.61 Å². The summed E-state index contributed by atoms with van der Waals surface area (Å²) in [6.07, 6.45) is 11.0. The summed E-state index contributed by atoms with van der Waals surface area (Å²) in [5.74, 6) is -0.554. The molecule has 0 bridgehead atoms. The normalized spacial score (nSPS) is 22.9. The number of hydrogen-bond acceptors (Lipinski definition) is 3. The summed E-state index contributed by atoms with van der Waals surface area (Å²) < 4.78 is 6.27. The average molecular weight is 340 g/mol. The molecule has 2 atom stereocenters. The molecular weight excluding hydrogens is 302 g/mol. The molecule has 1 aliphatic rings. The molecule has 1 heterocycles.